The van der Waals surface area contributed by atoms with E-state index < -0.39 is 11.5 Å². The van der Waals surface area contributed by atoms with Crippen molar-refractivity contribution >= 4 is 0 Å². The lowest BCUT2D eigenvalue weighted by Crippen LogP contribution is -2.32. The Morgan fingerprint density at radius 1 is 1.33 bits per heavy atom. The Bertz CT molecular complexity index is 441. The Hall–Kier alpha value is -1.40. The summed E-state index contributed by atoms with van der Waals surface area (Å²) in [5.74, 6) is 0.293. The van der Waals surface area contributed by atoms with Crippen molar-refractivity contribution in [3.05, 3.63) is 35.6 Å². The van der Waals surface area contributed by atoms with Gasteiger partial charge >= 0.3 is 0 Å². The fourth-order valence-corrected chi connectivity index (χ4v) is 2.69. The molecule has 1 saturated carbocycles. The molecule has 2 rings (SSSR count). The summed E-state index contributed by atoms with van der Waals surface area (Å²) in [6.45, 7) is 2.17. The van der Waals surface area contributed by atoms with Gasteiger partial charge in [-0.1, -0.05) is 19.1 Å². The van der Waals surface area contributed by atoms with Crippen molar-refractivity contribution in [2.75, 3.05) is 0 Å². The molecule has 0 bridgehead atoms. The van der Waals surface area contributed by atoms with Crippen molar-refractivity contribution in [3.8, 4) is 6.07 Å². The van der Waals surface area contributed by atoms with Crippen LogP contribution in [0, 0.1) is 28.5 Å². The Morgan fingerprint density at radius 3 is 2.39 bits per heavy atom. The number of nitrogens with zero attached hydrogens (tertiary/aromatic N) is 1. The summed E-state index contributed by atoms with van der Waals surface area (Å²) in [7, 11) is 0. The summed E-state index contributed by atoms with van der Waals surface area (Å²) >= 11 is 0. The van der Waals surface area contributed by atoms with Crippen LogP contribution in [0.1, 0.15) is 44.3 Å². The zero-order valence-electron chi connectivity index (χ0n) is 10.6. The van der Waals surface area contributed by atoms with E-state index >= 15 is 0 Å². The van der Waals surface area contributed by atoms with Gasteiger partial charge in [-0.05, 0) is 49.3 Å². The van der Waals surface area contributed by atoms with Gasteiger partial charge < -0.3 is 5.11 Å². The number of benzene rings is 1. The normalized spacial score (nSPS) is 29.6. The average Bonchev–Trinajstić information content (AvgIpc) is 2.40. The zero-order valence-corrected chi connectivity index (χ0v) is 10.6. The number of aliphatic hydroxyl groups is 1. The van der Waals surface area contributed by atoms with Crippen molar-refractivity contribution in [1.82, 2.24) is 0 Å². The standard InChI is InChI=1S/C15H18FNO/c1-11-6-8-15(10-17,9-7-11)14(18)12-2-4-13(16)5-3-12/h2-5,11,14,18H,6-9H2,1H3. The fraction of sp³-hybridized carbons (Fsp3) is 0.533. The van der Waals surface area contributed by atoms with E-state index in [1.807, 2.05) is 0 Å². The molecule has 1 aliphatic carbocycles. The van der Waals surface area contributed by atoms with E-state index in [2.05, 4.69) is 13.0 Å². The number of nitriles is 1. The van der Waals surface area contributed by atoms with Crippen LogP contribution in [0.4, 0.5) is 4.39 Å². The number of aliphatic hydroxyl groups excluding tert-OH is 1. The Kier molecular flexibility index (Phi) is 3.68. The predicted molar refractivity (Wildman–Crippen MR) is 67.0 cm³/mol. The van der Waals surface area contributed by atoms with Crippen molar-refractivity contribution < 1.29 is 9.50 Å². The molecule has 1 aromatic carbocycles. The van der Waals surface area contributed by atoms with Crippen molar-refractivity contribution in [3.63, 3.8) is 0 Å². The monoisotopic (exact) mass is 247 g/mol. The Morgan fingerprint density at radius 2 is 1.89 bits per heavy atom. The molecule has 0 amide bonds. The van der Waals surface area contributed by atoms with Crippen molar-refractivity contribution in [2.45, 2.75) is 38.7 Å². The molecule has 1 N–H and O–H groups in total. The first-order valence-corrected chi connectivity index (χ1v) is 6.42. The van der Waals surface area contributed by atoms with E-state index in [0.717, 1.165) is 12.8 Å². The molecule has 1 aromatic rings. The summed E-state index contributed by atoms with van der Waals surface area (Å²) in [4.78, 5) is 0. The lowest BCUT2D eigenvalue weighted by molar-refractivity contribution is 0.0266. The van der Waals surface area contributed by atoms with Crippen LogP contribution in [0.25, 0.3) is 0 Å². The Labute approximate surface area is 107 Å². The number of halogens is 1. The smallest absolute Gasteiger partial charge is 0.123 e. The molecule has 18 heavy (non-hydrogen) atoms. The third-order valence-electron chi connectivity index (χ3n) is 4.10. The van der Waals surface area contributed by atoms with Crippen LogP contribution in [0.15, 0.2) is 24.3 Å². The molecule has 96 valence electrons. The molecule has 0 aromatic heterocycles. The van der Waals surface area contributed by atoms with Crippen molar-refractivity contribution in [1.29, 1.82) is 5.26 Å². The minimum Gasteiger partial charge on any atom is -0.387 e. The van der Waals surface area contributed by atoms with E-state index in [1.54, 1.807) is 12.1 Å². The topological polar surface area (TPSA) is 44.0 Å². The second-order valence-corrected chi connectivity index (χ2v) is 5.40. The number of hydrogen-bond donors (Lipinski definition) is 1. The molecule has 2 nitrogen and oxygen atoms in total. The van der Waals surface area contributed by atoms with Gasteiger partial charge in [0.05, 0.1) is 17.6 Å². The highest BCUT2D eigenvalue weighted by Gasteiger charge is 2.41. The van der Waals surface area contributed by atoms with E-state index in [-0.39, 0.29) is 5.82 Å². The van der Waals surface area contributed by atoms with Crippen LogP contribution in [0.2, 0.25) is 0 Å². The quantitative estimate of drug-likeness (QED) is 0.868. The number of rotatable bonds is 2. The molecule has 1 aliphatic rings. The first-order chi connectivity index (χ1) is 8.57. The van der Waals surface area contributed by atoms with Gasteiger partial charge in [0.2, 0.25) is 0 Å². The minimum atomic E-state index is -0.824. The predicted octanol–water partition coefficient (Wildman–Crippen LogP) is 3.58. The SMILES string of the molecule is CC1CCC(C#N)(C(O)c2ccc(F)cc2)CC1. The summed E-state index contributed by atoms with van der Waals surface area (Å²) in [6, 6.07) is 8.10. The highest BCUT2D eigenvalue weighted by Crippen LogP contribution is 2.46. The largest absolute Gasteiger partial charge is 0.387 e. The van der Waals surface area contributed by atoms with Gasteiger partial charge in [0.1, 0.15) is 5.82 Å². The molecule has 0 spiro atoms. The van der Waals surface area contributed by atoms with Crippen LogP contribution >= 0.6 is 0 Å². The highest BCUT2D eigenvalue weighted by molar-refractivity contribution is 5.24. The van der Waals surface area contributed by atoms with Gasteiger partial charge in [0.15, 0.2) is 0 Å². The molecule has 0 radical (unpaired) electrons. The molecule has 1 atom stereocenters. The lowest BCUT2D eigenvalue weighted by atomic mass is 9.67. The third kappa shape index (κ3) is 2.39. The van der Waals surface area contributed by atoms with Crippen LogP contribution in [0.5, 0.6) is 0 Å². The van der Waals surface area contributed by atoms with E-state index in [4.69, 9.17) is 0 Å². The summed E-state index contributed by atoms with van der Waals surface area (Å²) in [5, 5.41) is 19.9. The molecule has 3 heteroatoms. The van der Waals surface area contributed by atoms with Gasteiger partial charge in [-0.2, -0.15) is 5.26 Å². The minimum absolute atomic E-state index is 0.325. The Balaban J connectivity index is 2.23. The summed E-state index contributed by atoms with van der Waals surface area (Å²) < 4.78 is 12.9. The first-order valence-electron chi connectivity index (χ1n) is 6.42. The molecular formula is C15H18FNO. The second kappa shape index (κ2) is 5.07. The van der Waals surface area contributed by atoms with Crippen LogP contribution < -0.4 is 0 Å². The number of hydrogen-bond acceptors (Lipinski definition) is 2. The highest BCUT2D eigenvalue weighted by atomic mass is 19.1. The van der Waals surface area contributed by atoms with E-state index in [1.165, 1.54) is 12.1 Å². The molecule has 1 fully saturated rings. The molecular weight excluding hydrogens is 229 g/mol. The van der Waals surface area contributed by atoms with Gasteiger partial charge in [-0.3, -0.25) is 0 Å². The van der Waals surface area contributed by atoms with Crippen molar-refractivity contribution in [2.24, 2.45) is 11.3 Å². The summed E-state index contributed by atoms with van der Waals surface area (Å²) in [5.41, 5.74) is -0.0721. The molecule has 0 aliphatic heterocycles. The third-order valence-corrected chi connectivity index (χ3v) is 4.10. The maximum Gasteiger partial charge on any atom is 0.123 e. The maximum atomic E-state index is 12.9. The van der Waals surface area contributed by atoms with Gasteiger partial charge in [0, 0.05) is 0 Å². The van der Waals surface area contributed by atoms with Crippen LogP contribution in [-0.4, -0.2) is 5.11 Å². The van der Waals surface area contributed by atoms with E-state index in [0.29, 0.717) is 24.3 Å². The molecule has 0 heterocycles. The fourth-order valence-electron chi connectivity index (χ4n) is 2.69. The second-order valence-electron chi connectivity index (χ2n) is 5.40. The molecule has 1 unspecified atom stereocenters. The van der Waals surface area contributed by atoms with Crippen LogP contribution in [-0.2, 0) is 0 Å². The van der Waals surface area contributed by atoms with Gasteiger partial charge in [-0.25, -0.2) is 4.39 Å². The lowest BCUT2D eigenvalue weighted by Gasteiger charge is -2.37. The summed E-state index contributed by atoms with van der Waals surface area (Å²) in [6.07, 6.45) is 2.53. The first kappa shape index (κ1) is 13.0. The zero-order chi connectivity index (χ0) is 13.2. The van der Waals surface area contributed by atoms with Gasteiger partial charge in [-0.15, -0.1) is 0 Å². The molecule has 0 saturated heterocycles. The van der Waals surface area contributed by atoms with Crippen LogP contribution in [0.3, 0.4) is 0 Å². The van der Waals surface area contributed by atoms with E-state index in [9.17, 15) is 14.8 Å². The average molecular weight is 247 g/mol. The van der Waals surface area contributed by atoms with Gasteiger partial charge in [0.25, 0.3) is 0 Å². The maximum absolute atomic E-state index is 12.9.